The van der Waals surface area contributed by atoms with Gasteiger partial charge in [-0.15, -0.1) is 0 Å². The minimum Gasteiger partial charge on any atom is -0.508 e. The van der Waals surface area contributed by atoms with Crippen LogP contribution in [0.3, 0.4) is 0 Å². The van der Waals surface area contributed by atoms with Crippen molar-refractivity contribution in [3.8, 4) is 5.75 Å². The SMILES string of the molecule is CCC(Nc1ccc(NC(C)=O)cc1)c1ccc(O)cc1. The van der Waals surface area contributed by atoms with E-state index in [1.807, 2.05) is 36.4 Å². The number of aromatic hydroxyl groups is 1. The second-order valence-corrected chi connectivity index (χ2v) is 4.96. The van der Waals surface area contributed by atoms with Gasteiger partial charge in [0, 0.05) is 18.3 Å². The fourth-order valence-corrected chi connectivity index (χ4v) is 2.18. The number of anilines is 2. The van der Waals surface area contributed by atoms with Crippen molar-refractivity contribution < 1.29 is 9.90 Å². The Labute approximate surface area is 124 Å². The van der Waals surface area contributed by atoms with Gasteiger partial charge in [-0.1, -0.05) is 19.1 Å². The number of carbonyl (C=O) groups is 1. The van der Waals surface area contributed by atoms with Crippen molar-refractivity contribution in [2.75, 3.05) is 10.6 Å². The van der Waals surface area contributed by atoms with Crippen LogP contribution in [0.25, 0.3) is 0 Å². The summed E-state index contributed by atoms with van der Waals surface area (Å²) in [4.78, 5) is 11.0. The van der Waals surface area contributed by atoms with Gasteiger partial charge in [0.1, 0.15) is 5.75 Å². The Kier molecular flexibility index (Phi) is 4.82. The third kappa shape index (κ3) is 4.24. The summed E-state index contributed by atoms with van der Waals surface area (Å²) in [6, 6.07) is 15.0. The van der Waals surface area contributed by atoms with Crippen molar-refractivity contribution in [3.05, 3.63) is 54.1 Å². The third-order valence-corrected chi connectivity index (χ3v) is 3.25. The van der Waals surface area contributed by atoms with E-state index in [0.717, 1.165) is 23.4 Å². The first kappa shape index (κ1) is 14.9. The maximum Gasteiger partial charge on any atom is 0.221 e. The van der Waals surface area contributed by atoms with Crippen LogP contribution in [0.1, 0.15) is 31.9 Å². The normalized spacial score (nSPS) is 11.7. The molecule has 0 radical (unpaired) electrons. The largest absolute Gasteiger partial charge is 0.508 e. The third-order valence-electron chi connectivity index (χ3n) is 3.25. The monoisotopic (exact) mass is 284 g/mol. The highest BCUT2D eigenvalue weighted by Crippen LogP contribution is 2.25. The second kappa shape index (κ2) is 6.79. The first-order chi connectivity index (χ1) is 10.1. The molecule has 0 bridgehead atoms. The summed E-state index contributed by atoms with van der Waals surface area (Å²) in [5, 5.41) is 15.5. The van der Waals surface area contributed by atoms with Gasteiger partial charge in [-0.3, -0.25) is 4.79 Å². The number of nitrogens with one attached hydrogen (secondary N) is 2. The lowest BCUT2D eigenvalue weighted by molar-refractivity contribution is -0.114. The van der Waals surface area contributed by atoms with Gasteiger partial charge in [0.2, 0.25) is 5.91 Å². The number of amides is 1. The lowest BCUT2D eigenvalue weighted by Crippen LogP contribution is -2.10. The van der Waals surface area contributed by atoms with Crippen LogP contribution >= 0.6 is 0 Å². The molecule has 4 heteroatoms. The summed E-state index contributed by atoms with van der Waals surface area (Å²) in [6.07, 6.45) is 0.929. The van der Waals surface area contributed by atoms with E-state index in [2.05, 4.69) is 17.6 Å². The van der Waals surface area contributed by atoms with Crippen molar-refractivity contribution in [2.45, 2.75) is 26.3 Å². The number of hydrogen-bond acceptors (Lipinski definition) is 3. The average Bonchev–Trinajstić information content (AvgIpc) is 2.47. The van der Waals surface area contributed by atoms with Crippen molar-refractivity contribution in [3.63, 3.8) is 0 Å². The van der Waals surface area contributed by atoms with Gasteiger partial charge < -0.3 is 15.7 Å². The topological polar surface area (TPSA) is 61.4 Å². The summed E-state index contributed by atoms with van der Waals surface area (Å²) < 4.78 is 0. The molecule has 0 fully saturated rings. The van der Waals surface area contributed by atoms with E-state index >= 15 is 0 Å². The smallest absolute Gasteiger partial charge is 0.221 e. The zero-order chi connectivity index (χ0) is 15.2. The molecule has 0 spiro atoms. The fraction of sp³-hybridized carbons (Fsp3) is 0.235. The molecule has 2 rings (SSSR count). The molecule has 1 unspecified atom stereocenters. The molecule has 0 aliphatic rings. The average molecular weight is 284 g/mol. The zero-order valence-electron chi connectivity index (χ0n) is 12.3. The molecule has 1 amide bonds. The molecule has 21 heavy (non-hydrogen) atoms. The second-order valence-electron chi connectivity index (χ2n) is 4.96. The molecule has 0 saturated heterocycles. The maximum absolute atomic E-state index is 11.0. The Bertz CT molecular complexity index is 591. The molecule has 110 valence electrons. The van der Waals surface area contributed by atoms with Crippen LogP contribution in [0.5, 0.6) is 5.75 Å². The highest BCUT2D eigenvalue weighted by atomic mass is 16.3. The van der Waals surface area contributed by atoms with E-state index in [4.69, 9.17) is 0 Å². The summed E-state index contributed by atoms with van der Waals surface area (Å²) in [5.41, 5.74) is 2.90. The standard InChI is InChI=1S/C17H20N2O2/c1-3-17(13-4-10-16(21)11-5-13)19-15-8-6-14(7-9-15)18-12(2)20/h4-11,17,19,21H,3H2,1-2H3,(H,18,20). The van der Waals surface area contributed by atoms with Crippen LogP contribution in [0.15, 0.2) is 48.5 Å². The van der Waals surface area contributed by atoms with Crippen LogP contribution in [-0.2, 0) is 4.79 Å². The van der Waals surface area contributed by atoms with Crippen molar-refractivity contribution in [2.24, 2.45) is 0 Å². The van der Waals surface area contributed by atoms with Gasteiger partial charge in [-0.25, -0.2) is 0 Å². The van der Waals surface area contributed by atoms with Gasteiger partial charge in [0.05, 0.1) is 6.04 Å². The Balaban J connectivity index is 2.07. The Morgan fingerprint density at radius 3 is 2.14 bits per heavy atom. The van der Waals surface area contributed by atoms with E-state index in [0.29, 0.717) is 0 Å². The fourth-order valence-electron chi connectivity index (χ4n) is 2.18. The first-order valence-corrected chi connectivity index (χ1v) is 7.01. The van der Waals surface area contributed by atoms with E-state index < -0.39 is 0 Å². The molecule has 1 atom stereocenters. The van der Waals surface area contributed by atoms with Crippen LogP contribution < -0.4 is 10.6 Å². The van der Waals surface area contributed by atoms with E-state index in [1.165, 1.54) is 6.92 Å². The minimum absolute atomic E-state index is 0.0776. The predicted molar refractivity (Wildman–Crippen MR) is 85.5 cm³/mol. The molecule has 4 nitrogen and oxygen atoms in total. The quantitative estimate of drug-likeness (QED) is 0.780. The van der Waals surface area contributed by atoms with Crippen molar-refractivity contribution in [1.29, 1.82) is 0 Å². The van der Waals surface area contributed by atoms with E-state index in [-0.39, 0.29) is 17.7 Å². The predicted octanol–water partition coefficient (Wildman–Crippen LogP) is 3.91. The highest BCUT2D eigenvalue weighted by Gasteiger charge is 2.09. The van der Waals surface area contributed by atoms with Gasteiger partial charge in [0.15, 0.2) is 0 Å². The van der Waals surface area contributed by atoms with Crippen LogP contribution in [0, 0.1) is 0 Å². The molecular weight excluding hydrogens is 264 g/mol. The van der Waals surface area contributed by atoms with Gasteiger partial charge in [-0.2, -0.15) is 0 Å². The molecule has 3 N–H and O–H groups in total. The van der Waals surface area contributed by atoms with E-state index in [9.17, 15) is 9.90 Å². The molecule has 0 heterocycles. The Morgan fingerprint density at radius 2 is 1.62 bits per heavy atom. The van der Waals surface area contributed by atoms with Crippen LogP contribution in [0.4, 0.5) is 11.4 Å². The Hall–Kier alpha value is -2.49. The molecule has 0 aromatic heterocycles. The van der Waals surface area contributed by atoms with Gasteiger partial charge in [0.25, 0.3) is 0 Å². The lowest BCUT2D eigenvalue weighted by Gasteiger charge is -2.19. The van der Waals surface area contributed by atoms with Crippen molar-refractivity contribution in [1.82, 2.24) is 0 Å². The number of carbonyl (C=O) groups excluding carboxylic acids is 1. The molecule has 0 saturated carbocycles. The summed E-state index contributed by atoms with van der Waals surface area (Å²) in [5.74, 6) is 0.194. The van der Waals surface area contributed by atoms with E-state index in [1.54, 1.807) is 12.1 Å². The summed E-state index contributed by atoms with van der Waals surface area (Å²) in [6.45, 7) is 3.60. The number of benzene rings is 2. The minimum atomic E-state index is -0.0776. The lowest BCUT2D eigenvalue weighted by atomic mass is 10.0. The first-order valence-electron chi connectivity index (χ1n) is 7.01. The van der Waals surface area contributed by atoms with Gasteiger partial charge >= 0.3 is 0 Å². The zero-order valence-corrected chi connectivity index (χ0v) is 12.3. The molecule has 2 aromatic rings. The molecular formula is C17H20N2O2. The summed E-state index contributed by atoms with van der Waals surface area (Å²) >= 11 is 0. The van der Waals surface area contributed by atoms with Gasteiger partial charge in [-0.05, 0) is 48.4 Å². The Morgan fingerprint density at radius 1 is 1.05 bits per heavy atom. The summed E-state index contributed by atoms with van der Waals surface area (Å²) in [7, 11) is 0. The molecule has 2 aromatic carbocycles. The van der Waals surface area contributed by atoms with Crippen LogP contribution in [-0.4, -0.2) is 11.0 Å². The highest BCUT2D eigenvalue weighted by molar-refractivity contribution is 5.88. The maximum atomic E-state index is 11.0. The number of phenolic OH excluding ortho intramolecular Hbond substituents is 1. The number of hydrogen-bond donors (Lipinski definition) is 3. The molecule has 0 aliphatic carbocycles. The number of rotatable bonds is 5. The van der Waals surface area contributed by atoms with Crippen LogP contribution in [0.2, 0.25) is 0 Å². The molecule has 0 aliphatic heterocycles. The van der Waals surface area contributed by atoms with Crippen molar-refractivity contribution >= 4 is 17.3 Å². The number of phenols is 1.